The molecule has 3 N–H and O–H groups in total. The number of imidazole rings is 1. The predicted molar refractivity (Wildman–Crippen MR) is 96.4 cm³/mol. The summed E-state index contributed by atoms with van der Waals surface area (Å²) in [5, 5.41) is 10.1. The van der Waals surface area contributed by atoms with Gasteiger partial charge in [0.2, 0.25) is 5.82 Å². The van der Waals surface area contributed by atoms with E-state index < -0.39 is 17.2 Å². The Hall–Kier alpha value is -3.05. The smallest absolute Gasteiger partial charge is 0.209 e. The topological polar surface area (TPSA) is 89.9 Å². The van der Waals surface area contributed by atoms with Crippen molar-refractivity contribution < 1.29 is 13.9 Å². The molecular weight excluding hydrogens is 352 g/mol. The van der Waals surface area contributed by atoms with Gasteiger partial charge >= 0.3 is 0 Å². The van der Waals surface area contributed by atoms with E-state index in [0.29, 0.717) is 30.6 Å². The SMILES string of the molecule is CCn1c(-c2cccc(F)c2F)nc2c(N)nc(C#CC3(O)CCC3)nc21. The Bertz CT molecular complexity index is 1110. The number of nitrogens with zero attached hydrogens (tertiary/aromatic N) is 4. The molecule has 2 heterocycles. The van der Waals surface area contributed by atoms with E-state index in [2.05, 4.69) is 26.8 Å². The van der Waals surface area contributed by atoms with E-state index in [1.54, 1.807) is 4.57 Å². The summed E-state index contributed by atoms with van der Waals surface area (Å²) >= 11 is 0. The summed E-state index contributed by atoms with van der Waals surface area (Å²) in [6.45, 7) is 2.25. The average molecular weight is 369 g/mol. The molecule has 0 spiro atoms. The van der Waals surface area contributed by atoms with Crippen molar-refractivity contribution >= 4 is 17.0 Å². The minimum Gasteiger partial charge on any atom is -0.382 e. The Morgan fingerprint density at radius 3 is 2.70 bits per heavy atom. The van der Waals surface area contributed by atoms with E-state index in [1.807, 2.05) is 6.92 Å². The molecule has 6 nitrogen and oxygen atoms in total. The van der Waals surface area contributed by atoms with Gasteiger partial charge in [0, 0.05) is 6.54 Å². The predicted octanol–water partition coefficient (Wildman–Crippen LogP) is 2.64. The lowest BCUT2D eigenvalue weighted by Gasteiger charge is -2.30. The monoisotopic (exact) mass is 369 g/mol. The van der Waals surface area contributed by atoms with E-state index in [1.165, 1.54) is 12.1 Å². The number of benzene rings is 1. The van der Waals surface area contributed by atoms with Crippen LogP contribution in [0.4, 0.5) is 14.6 Å². The van der Waals surface area contributed by atoms with E-state index in [9.17, 15) is 13.9 Å². The minimum atomic E-state index is -0.992. The zero-order chi connectivity index (χ0) is 19.2. The van der Waals surface area contributed by atoms with Crippen LogP contribution in [0.1, 0.15) is 32.0 Å². The summed E-state index contributed by atoms with van der Waals surface area (Å²) in [4.78, 5) is 12.8. The second kappa shape index (κ2) is 6.28. The van der Waals surface area contributed by atoms with Gasteiger partial charge in [-0.05, 0) is 44.2 Å². The second-order valence-electron chi connectivity index (χ2n) is 6.52. The number of halogens is 2. The number of nitrogen functional groups attached to an aromatic ring is 1. The fourth-order valence-corrected chi connectivity index (χ4v) is 3.07. The number of aromatic nitrogens is 4. The summed E-state index contributed by atoms with van der Waals surface area (Å²) in [6.07, 6.45) is 2.17. The molecule has 1 aliphatic carbocycles. The first kappa shape index (κ1) is 17.4. The molecule has 2 aromatic heterocycles. The Kier molecular flexibility index (Phi) is 4.04. The van der Waals surface area contributed by atoms with Crippen molar-refractivity contribution in [1.29, 1.82) is 0 Å². The van der Waals surface area contributed by atoms with Crippen LogP contribution in [0.2, 0.25) is 0 Å². The van der Waals surface area contributed by atoms with E-state index in [-0.39, 0.29) is 23.0 Å². The molecule has 0 amide bonds. The molecule has 138 valence electrons. The zero-order valence-electron chi connectivity index (χ0n) is 14.6. The van der Waals surface area contributed by atoms with Crippen LogP contribution in [-0.4, -0.2) is 30.2 Å². The molecule has 4 rings (SSSR count). The highest BCUT2D eigenvalue weighted by molar-refractivity contribution is 5.86. The van der Waals surface area contributed by atoms with Gasteiger partial charge in [-0.1, -0.05) is 12.0 Å². The highest BCUT2D eigenvalue weighted by Gasteiger charge is 2.32. The van der Waals surface area contributed by atoms with E-state index in [4.69, 9.17) is 5.73 Å². The van der Waals surface area contributed by atoms with Gasteiger partial charge in [-0.15, -0.1) is 0 Å². The standard InChI is InChI=1S/C19H17F2N5O/c1-2-26-17(11-5-3-6-12(20)14(11)21)25-15-16(22)23-13(24-18(15)26)7-10-19(27)8-4-9-19/h3,5-6,27H,2,4,8-9H2,1H3,(H2,22,23,24). The molecule has 1 saturated carbocycles. The lowest BCUT2D eigenvalue weighted by molar-refractivity contribution is 0.0239. The molecule has 0 aliphatic heterocycles. The molecule has 1 aliphatic rings. The van der Waals surface area contributed by atoms with Crippen molar-refractivity contribution in [3.05, 3.63) is 35.7 Å². The maximum Gasteiger partial charge on any atom is 0.209 e. The molecular formula is C19H17F2N5O. The van der Waals surface area contributed by atoms with Gasteiger partial charge in [0.05, 0.1) is 5.56 Å². The quantitative estimate of drug-likeness (QED) is 0.678. The van der Waals surface area contributed by atoms with E-state index >= 15 is 0 Å². The summed E-state index contributed by atoms with van der Waals surface area (Å²) < 4.78 is 29.5. The second-order valence-corrected chi connectivity index (χ2v) is 6.52. The van der Waals surface area contributed by atoms with Gasteiger partial charge in [0.1, 0.15) is 11.4 Å². The first-order chi connectivity index (χ1) is 12.9. The van der Waals surface area contributed by atoms with Gasteiger partial charge in [-0.25, -0.2) is 23.7 Å². The Labute approximate surface area is 154 Å². The normalized spacial score (nSPS) is 15.3. The fourth-order valence-electron chi connectivity index (χ4n) is 3.07. The van der Waals surface area contributed by atoms with Crippen LogP contribution < -0.4 is 5.73 Å². The Balaban J connectivity index is 1.88. The molecule has 27 heavy (non-hydrogen) atoms. The number of aliphatic hydroxyl groups is 1. The summed E-state index contributed by atoms with van der Waals surface area (Å²) in [5.74, 6) is 4.07. The summed E-state index contributed by atoms with van der Waals surface area (Å²) in [5.41, 5.74) is 5.71. The molecule has 0 unspecified atom stereocenters. The Morgan fingerprint density at radius 1 is 1.26 bits per heavy atom. The number of aryl methyl sites for hydroxylation is 1. The number of hydrogen-bond acceptors (Lipinski definition) is 5. The maximum absolute atomic E-state index is 14.3. The maximum atomic E-state index is 14.3. The minimum absolute atomic E-state index is 0.0191. The Morgan fingerprint density at radius 2 is 2.04 bits per heavy atom. The first-order valence-corrected chi connectivity index (χ1v) is 8.65. The lowest BCUT2D eigenvalue weighted by atomic mass is 9.81. The molecule has 0 radical (unpaired) electrons. The van der Waals surface area contributed by atoms with Gasteiger partial charge in [0.15, 0.2) is 28.6 Å². The van der Waals surface area contributed by atoms with Gasteiger partial charge in [0.25, 0.3) is 0 Å². The van der Waals surface area contributed by atoms with Gasteiger partial charge in [-0.3, -0.25) is 0 Å². The van der Waals surface area contributed by atoms with Crippen LogP contribution in [0.25, 0.3) is 22.6 Å². The van der Waals surface area contributed by atoms with Crippen molar-refractivity contribution in [2.75, 3.05) is 5.73 Å². The third kappa shape index (κ3) is 2.90. The molecule has 0 atom stereocenters. The van der Waals surface area contributed by atoms with Crippen molar-refractivity contribution in [2.24, 2.45) is 0 Å². The number of nitrogens with two attached hydrogens (primary N) is 1. The molecule has 1 fully saturated rings. The van der Waals surface area contributed by atoms with Crippen molar-refractivity contribution in [3.63, 3.8) is 0 Å². The number of fused-ring (bicyclic) bond motifs is 1. The van der Waals surface area contributed by atoms with Crippen molar-refractivity contribution in [2.45, 2.75) is 38.3 Å². The van der Waals surface area contributed by atoms with Crippen molar-refractivity contribution in [3.8, 4) is 23.2 Å². The number of anilines is 1. The van der Waals surface area contributed by atoms with Crippen LogP contribution in [0.3, 0.4) is 0 Å². The van der Waals surface area contributed by atoms with Crippen molar-refractivity contribution in [1.82, 2.24) is 19.5 Å². The molecule has 1 aromatic carbocycles. The average Bonchev–Trinajstić information content (AvgIpc) is 2.99. The molecule has 8 heteroatoms. The van der Waals surface area contributed by atoms with E-state index in [0.717, 1.165) is 12.5 Å². The largest absolute Gasteiger partial charge is 0.382 e. The van der Waals surface area contributed by atoms with Gasteiger partial charge in [-0.2, -0.15) is 0 Å². The molecule has 0 saturated heterocycles. The van der Waals surface area contributed by atoms with Crippen LogP contribution in [0, 0.1) is 23.5 Å². The van der Waals surface area contributed by atoms with Gasteiger partial charge < -0.3 is 15.4 Å². The molecule has 0 bridgehead atoms. The highest BCUT2D eigenvalue weighted by atomic mass is 19.2. The fraction of sp³-hybridized carbons (Fsp3) is 0.316. The first-order valence-electron chi connectivity index (χ1n) is 8.65. The third-order valence-electron chi connectivity index (χ3n) is 4.72. The van der Waals surface area contributed by atoms with Crippen LogP contribution in [0.5, 0.6) is 0 Å². The van der Waals surface area contributed by atoms with Crippen LogP contribution in [0.15, 0.2) is 18.2 Å². The molecule has 3 aromatic rings. The number of rotatable bonds is 2. The highest BCUT2D eigenvalue weighted by Crippen LogP contribution is 2.31. The summed E-state index contributed by atoms with van der Waals surface area (Å²) in [6, 6.07) is 3.91. The van der Waals surface area contributed by atoms with Crippen LogP contribution >= 0.6 is 0 Å². The third-order valence-corrected chi connectivity index (χ3v) is 4.72. The van der Waals surface area contributed by atoms with Crippen LogP contribution in [-0.2, 0) is 6.54 Å². The zero-order valence-corrected chi connectivity index (χ0v) is 14.6. The summed E-state index contributed by atoms with van der Waals surface area (Å²) in [7, 11) is 0. The number of hydrogen-bond donors (Lipinski definition) is 2. The lowest BCUT2D eigenvalue weighted by Crippen LogP contribution is -2.34.